The summed E-state index contributed by atoms with van der Waals surface area (Å²) in [6.07, 6.45) is 3.68. The highest BCUT2D eigenvalue weighted by atomic mass is 35.5. The van der Waals surface area contributed by atoms with Crippen LogP contribution in [-0.4, -0.2) is 30.2 Å². The number of halogens is 2. The van der Waals surface area contributed by atoms with Crippen molar-refractivity contribution >= 4 is 35.0 Å². The maximum absolute atomic E-state index is 5.98. The highest BCUT2D eigenvalue weighted by molar-refractivity contribution is 7.99. The maximum Gasteiger partial charge on any atom is 0.223 e. The Morgan fingerprint density at radius 2 is 2.18 bits per heavy atom. The third kappa shape index (κ3) is 2.36. The van der Waals surface area contributed by atoms with Crippen LogP contribution in [0.5, 0.6) is 0 Å². The third-order valence-electron chi connectivity index (χ3n) is 2.23. The minimum absolute atomic E-state index is 0.155. The van der Waals surface area contributed by atoms with E-state index in [-0.39, 0.29) is 5.28 Å². The smallest absolute Gasteiger partial charge is 0.223 e. The lowest BCUT2D eigenvalue weighted by Gasteiger charge is -2.02. The van der Waals surface area contributed by atoms with Gasteiger partial charge < -0.3 is 0 Å². The van der Waals surface area contributed by atoms with Gasteiger partial charge in [0.1, 0.15) is 5.03 Å². The highest BCUT2D eigenvalue weighted by Crippen LogP contribution is 2.38. The van der Waals surface area contributed by atoms with Gasteiger partial charge in [0.2, 0.25) is 10.4 Å². The fraction of sp³-hybridized carbons (Fsp3) is 0.375. The van der Waals surface area contributed by atoms with Crippen LogP contribution >= 0.6 is 35.0 Å². The van der Waals surface area contributed by atoms with Gasteiger partial charge in [-0.05, 0) is 46.6 Å². The van der Waals surface area contributed by atoms with Crippen LogP contribution in [-0.2, 0) is 0 Å². The van der Waals surface area contributed by atoms with Gasteiger partial charge in [0.25, 0.3) is 0 Å². The van der Waals surface area contributed by atoms with Crippen molar-refractivity contribution in [2.24, 2.45) is 0 Å². The van der Waals surface area contributed by atoms with Crippen molar-refractivity contribution in [1.29, 1.82) is 0 Å². The summed E-state index contributed by atoms with van der Waals surface area (Å²) in [7, 11) is 0. The summed E-state index contributed by atoms with van der Waals surface area (Å²) in [4.78, 5) is 7.83. The molecule has 6 nitrogen and oxygen atoms in total. The Labute approximate surface area is 111 Å². The first-order valence-electron chi connectivity index (χ1n) is 4.88. The van der Waals surface area contributed by atoms with Crippen LogP contribution in [0, 0.1) is 0 Å². The molecule has 1 aliphatic carbocycles. The second-order valence-corrected chi connectivity index (χ2v) is 5.23. The van der Waals surface area contributed by atoms with Crippen LogP contribution < -0.4 is 0 Å². The Balaban J connectivity index is 1.90. The molecule has 0 aliphatic heterocycles. The molecule has 0 spiro atoms. The van der Waals surface area contributed by atoms with Gasteiger partial charge in [-0.3, -0.25) is 0 Å². The molecule has 1 aliphatic rings. The topological polar surface area (TPSA) is 69.4 Å². The summed E-state index contributed by atoms with van der Waals surface area (Å²) in [5.41, 5.74) is 0. The minimum atomic E-state index is 0.155. The molecule has 3 rings (SSSR count). The molecule has 1 fully saturated rings. The van der Waals surface area contributed by atoms with Crippen molar-refractivity contribution < 1.29 is 0 Å². The van der Waals surface area contributed by atoms with E-state index in [9.17, 15) is 0 Å². The second-order valence-electron chi connectivity index (χ2n) is 3.53. The SMILES string of the molecule is Clc1ncc(Cl)c(Sc2nnnn2C2CC2)n1. The zero-order valence-corrected chi connectivity index (χ0v) is 10.7. The first kappa shape index (κ1) is 11.2. The minimum Gasteiger partial charge on any atom is -0.225 e. The van der Waals surface area contributed by atoms with Gasteiger partial charge in [-0.2, -0.15) is 0 Å². The zero-order valence-electron chi connectivity index (χ0n) is 8.42. The first-order chi connectivity index (χ1) is 8.24. The fourth-order valence-corrected chi connectivity index (χ4v) is 2.49. The summed E-state index contributed by atoms with van der Waals surface area (Å²) >= 11 is 13.0. The van der Waals surface area contributed by atoms with Crippen LogP contribution in [0.3, 0.4) is 0 Å². The van der Waals surface area contributed by atoms with Crippen molar-refractivity contribution in [2.45, 2.75) is 29.1 Å². The van der Waals surface area contributed by atoms with Crippen LogP contribution in [0.1, 0.15) is 18.9 Å². The average Bonchev–Trinajstić information content (AvgIpc) is 3.05. The lowest BCUT2D eigenvalue weighted by atomic mass is 10.7. The number of tetrazole rings is 1. The van der Waals surface area contributed by atoms with E-state index < -0.39 is 0 Å². The average molecular weight is 289 g/mol. The summed E-state index contributed by atoms with van der Waals surface area (Å²) in [5.74, 6) is 0. The molecular formula is C8H6Cl2N6S. The molecule has 0 saturated heterocycles. The van der Waals surface area contributed by atoms with Gasteiger partial charge in [-0.15, -0.1) is 5.10 Å². The third-order valence-corrected chi connectivity index (χ3v) is 3.75. The predicted octanol–water partition coefficient (Wildman–Crippen LogP) is 2.26. The maximum atomic E-state index is 5.98. The normalized spacial score (nSPS) is 15.2. The van der Waals surface area contributed by atoms with E-state index >= 15 is 0 Å². The lowest BCUT2D eigenvalue weighted by molar-refractivity contribution is 0.565. The largest absolute Gasteiger partial charge is 0.225 e. The van der Waals surface area contributed by atoms with Crippen LogP contribution in [0.4, 0.5) is 0 Å². The Hall–Kier alpha value is -0.920. The molecular weight excluding hydrogens is 283 g/mol. The van der Waals surface area contributed by atoms with E-state index in [1.165, 1.54) is 18.0 Å². The van der Waals surface area contributed by atoms with Crippen LogP contribution in [0.15, 0.2) is 16.4 Å². The molecule has 0 N–H and O–H groups in total. The fourth-order valence-electron chi connectivity index (χ4n) is 1.29. The van der Waals surface area contributed by atoms with E-state index in [1.807, 2.05) is 0 Å². The molecule has 0 aromatic carbocycles. The highest BCUT2D eigenvalue weighted by Gasteiger charge is 2.28. The zero-order chi connectivity index (χ0) is 11.8. The standard InChI is InChI=1S/C8H6Cl2N6S/c9-5-3-11-7(10)12-6(5)17-8-13-14-15-16(8)4-1-2-4/h3-4H,1-2H2. The number of hydrogen-bond acceptors (Lipinski definition) is 6. The quantitative estimate of drug-likeness (QED) is 0.637. The second kappa shape index (κ2) is 4.40. The van der Waals surface area contributed by atoms with Crippen LogP contribution in [0.2, 0.25) is 10.3 Å². The molecule has 9 heteroatoms. The molecule has 0 amide bonds. The Morgan fingerprint density at radius 1 is 1.35 bits per heavy atom. The molecule has 0 radical (unpaired) electrons. The molecule has 2 aromatic heterocycles. The molecule has 1 saturated carbocycles. The molecule has 88 valence electrons. The molecule has 2 aromatic rings. The lowest BCUT2D eigenvalue weighted by Crippen LogP contribution is -1.99. The van der Waals surface area contributed by atoms with E-state index in [4.69, 9.17) is 23.2 Å². The molecule has 2 heterocycles. The number of nitrogens with zero attached hydrogens (tertiary/aromatic N) is 6. The van der Waals surface area contributed by atoms with E-state index in [2.05, 4.69) is 25.5 Å². The van der Waals surface area contributed by atoms with E-state index in [0.717, 1.165) is 12.8 Å². The van der Waals surface area contributed by atoms with Gasteiger partial charge >= 0.3 is 0 Å². The molecule has 17 heavy (non-hydrogen) atoms. The summed E-state index contributed by atoms with van der Waals surface area (Å²) in [5, 5.41) is 13.4. The van der Waals surface area contributed by atoms with Crippen molar-refractivity contribution in [3.63, 3.8) is 0 Å². The summed E-state index contributed by atoms with van der Waals surface area (Å²) in [6.45, 7) is 0. The molecule has 0 atom stereocenters. The monoisotopic (exact) mass is 288 g/mol. The van der Waals surface area contributed by atoms with Crippen molar-refractivity contribution in [1.82, 2.24) is 30.2 Å². The molecule has 0 unspecified atom stereocenters. The van der Waals surface area contributed by atoms with Crippen molar-refractivity contribution in [3.8, 4) is 0 Å². The number of hydrogen-bond donors (Lipinski definition) is 0. The van der Waals surface area contributed by atoms with Crippen LogP contribution in [0.25, 0.3) is 0 Å². The van der Waals surface area contributed by atoms with Gasteiger partial charge in [-0.25, -0.2) is 14.6 Å². The van der Waals surface area contributed by atoms with Crippen molar-refractivity contribution in [2.75, 3.05) is 0 Å². The predicted molar refractivity (Wildman–Crippen MR) is 62.3 cm³/mol. The van der Waals surface area contributed by atoms with E-state index in [1.54, 1.807) is 4.68 Å². The van der Waals surface area contributed by atoms with Crippen molar-refractivity contribution in [3.05, 3.63) is 16.5 Å². The summed E-state index contributed by atoms with van der Waals surface area (Å²) in [6, 6.07) is 0.406. The Kier molecular flexibility index (Phi) is 2.89. The van der Waals surface area contributed by atoms with Gasteiger partial charge in [0, 0.05) is 0 Å². The van der Waals surface area contributed by atoms with Gasteiger partial charge in [-0.1, -0.05) is 11.6 Å². The first-order valence-corrected chi connectivity index (χ1v) is 6.45. The number of aromatic nitrogens is 6. The van der Waals surface area contributed by atoms with E-state index in [0.29, 0.717) is 21.2 Å². The molecule has 0 bridgehead atoms. The van der Waals surface area contributed by atoms with Gasteiger partial charge in [0.05, 0.1) is 17.3 Å². The van der Waals surface area contributed by atoms with Gasteiger partial charge in [0.15, 0.2) is 0 Å². The number of rotatable bonds is 3. The Morgan fingerprint density at radius 3 is 2.94 bits per heavy atom. The summed E-state index contributed by atoms with van der Waals surface area (Å²) < 4.78 is 1.79. The Bertz CT molecular complexity index is 555.